The van der Waals surface area contributed by atoms with E-state index in [0.717, 1.165) is 42.9 Å². The molecule has 0 unspecified atom stereocenters. The lowest BCUT2D eigenvalue weighted by Crippen LogP contribution is -2.40. The molecule has 1 atom stereocenters. The molecule has 31 heavy (non-hydrogen) atoms. The number of aromatic nitrogens is 2. The second kappa shape index (κ2) is 8.16. The zero-order chi connectivity index (χ0) is 21.5. The summed E-state index contributed by atoms with van der Waals surface area (Å²) in [7, 11) is 2.12. The number of anilines is 1. The van der Waals surface area contributed by atoms with Crippen LogP contribution < -0.4 is 5.32 Å². The van der Waals surface area contributed by atoms with Crippen LogP contribution in [0.25, 0.3) is 16.8 Å². The highest BCUT2D eigenvalue weighted by Gasteiger charge is 2.29. The second-order valence-corrected chi connectivity index (χ2v) is 8.63. The van der Waals surface area contributed by atoms with Crippen LogP contribution in [0.3, 0.4) is 0 Å². The third-order valence-electron chi connectivity index (χ3n) is 6.61. The summed E-state index contributed by atoms with van der Waals surface area (Å²) in [6, 6.07) is 3.65. The number of hydrogen-bond acceptors (Lipinski definition) is 6. The summed E-state index contributed by atoms with van der Waals surface area (Å²) in [5.74, 6) is 0.804. The van der Waals surface area contributed by atoms with Crippen molar-refractivity contribution in [1.82, 2.24) is 15.1 Å². The van der Waals surface area contributed by atoms with Crippen molar-refractivity contribution < 1.29 is 18.6 Å². The van der Waals surface area contributed by atoms with Gasteiger partial charge in [-0.3, -0.25) is 0 Å². The van der Waals surface area contributed by atoms with Crippen LogP contribution in [0, 0.1) is 0 Å². The van der Waals surface area contributed by atoms with Gasteiger partial charge in [0.25, 0.3) is 6.08 Å². The normalized spacial score (nSPS) is 21.0. The molecule has 0 bridgehead atoms. The van der Waals surface area contributed by atoms with Gasteiger partial charge in [0, 0.05) is 40.4 Å². The Morgan fingerprint density at radius 2 is 1.97 bits per heavy atom. The maximum absolute atomic E-state index is 13.2. The average Bonchev–Trinajstić information content (AvgIpc) is 3.20. The molecule has 2 aliphatic heterocycles. The molecule has 2 N–H and O–H groups in total. The molecule has 6 nitrogen and oxygen atoms in total. The molecule has 0 radical (unpaired) electrons. The monoisotopic (exact) mass is 428 g/mol. The molecule has 1 aliphatic carbocycles. The van der Waals surface area contributed by atoms with Crippen LogP contribution in [0.4, 0.5) is 14.6 Å². The number of fused-ring (bicyclic) bond motifs is 2. The maximum Gasteiger partial charge on any atom is 0.274 e. The lowest BCUT2D eigenvalue weighted by Gasteiger charge is -2.31. The van der Waals surface area contributed by atoms with E-state index in [1.54, 1.807) is 12.1 Å². The molecular weight excluding hydrogens is 402 g/mol. The molecule has 0 spiro atoms. The van der Waals surface area contributed by atoms with Crippen molar-refractivity contribution in [2.75, 3.05) is 32.1 Å². The fraction of sp³-hybridized carbons (Fsp3) is 0.478. The van der Waals surface area contributed by atoms with Crippen LogP contribution in [-0.2, 0) is 24.2 Å². The predicted molar refractivity (Wildman–Crippen MR) is 114 cm³/mol. The summed E-state index contributed by atoms with van der Waals surface area (Å²) < 4.78 is 32.1. The van der Waals surface area contributed by atoms with Crippen LogP contribution in [-0.4, -0.2) is 53.0 Å². The van der Waals surface area contributed by atoms with Crippen molar-refractivity contribution in [2.24, 2.45) is 0 Å². The minimum atomic E-state index is -1.68. The van der Waals surface area contributed by atoms with E-state index in [0.29, 0.717) is 54.5 Å². The first kappa shape index (κ1) is 20.3. The van der Waals surface area contributed by atoms with Gasteiger partial charge in [-0.1, -0.05) is 6.07 Å². The van der Waals surface area contributed by atoms with E-state index >= 15 is 0 Å². The zero-order valence-corrected chi connectivity index (χ0v) is 17.5. The Bertz CT molecular complexity index is 1050. The Hall–Kier alpha value is -2.58. The lowest BCUT2D eigenvalue weighted by atomic mass is 9.95. The van der Waals surface area contributed by atoms with Crippen LogP contribution in [0.1, 0.15) is 41.5 Å². The molecule has 3 heterocycles. The van der Waals surface area contributed by atoms with Crippen molar-refractivity contribution in [2.45, 2.75) is 44.8 Å². The zero-order valence-electron chi connectivity index (χ0n) is 17.5. The number of halogens is 2. The van der Waals surface area contributed by atoms with Gasteiger partial charge >= 0.3 is 0 Å². The van der Waals surface area contributed by atoms with Crippen LogP contribution in [0.2, 0.25) is 0 Å². The number of rotatable bonds is 3. The molecular formula is C23H26F2N4O2. The quantitative estimate of drug-likeness (QED) is 0.771. The third kappa shape index (κ3) is 3.68. The molecule has 1 aromatic heterocycles. The number of nitrogens with one attached hydrogen (secondary N) is 1. The van der Waals surface area contributed by atoms with E-state index in [9.17, 15) is 13.9 Å². The highest BCUT2D eigenvalue weighted by atomic mass is 19.3. The highest BCUT2D eigenvalue weighted by molar-refractivity contribution is 5.82. The lowest BCUT2D eigenvalue weighted by molar-refractivity contribution is 0.111. The summed E-state index contributed by atoms with van der Waals surface area (Å²) in [5, 5.41) is 23.4. The molecule has 164 valence electrons. The van der Waals surface area contributed by atoms with E-state index in [4.69, 9.17) is 4.74 Å². The maximum atomic E-state index is 13.2. The number of likely N-dealkylation sites (N-methyl/N-ethyl adjacent to an activating group) is 1. The van der Waals surface area contributed by atoms with Crippen LogP contribution >= 0.6 is 0 Å². The van der Waals surface area contributed by atoms with Gasteiger partial charge in [-0.05, 0) is 57.3 Å². The highest BCUT2D eigenvalue weighted by Crippen LogP contribution is 2.45. The minimum Gasteiger partial charge on any atom is -0.507 e. The first-order valence-corrected chi connectivity index (χ1v) is 10.8. The molecule has 5 rings (SSSR count). The minimum absolute atomic E-state index is 0.0188. The average molecular weight is 428 g/mol. The van der Waals surface area contributed by atoms with Gasteiger partial charge < -0.3 is 20.1 Å². The third-order valence-corrected chi connectivity index (χ3v) is 6.61. The molecule has 2 aromatic rings. The van der Waals surface area contributed by atoms with Gasteiger partial charge in [0.15, 0.2) is 5.82 Å². The van der Waals surface area contributed by atoms with E-state index in [1.807, 2.05) is 0 Å². The van der Waals surface area contributed by atoms with E-state index in [-0.39, 0.29) is 17.7 Å². The Balaban J connectivity index is 1.53. The topological polar surface area (TPSA) is 70.5 Å². The van der Waals surface area contributed by atoms with Gasteiger partial charge in [0.05, 0.1) is 13.2 Å². The summed E-state index contributed by atoms with van der Waals surface area (Å²) in [6.45, 7) is 3.06. The molecule has 0 saturated carbocycles. The molecule has 1 aromatic carbocycles. The fourth-order valence-electron chi connectivity index (χ4n) is 5.03. The number of piperidine rings is 1. The second-order valence-electron chi connectivity index (χ2n) is 8.63. The summed E-state index contributed by atoms with van der Waals surface area (Å²) >= 11 is 0. The number of allylic oxidation sites excluding steroid dienone is 1. The number of ether oxygens (including phenoxy) is 1. The van der Waals surface area contributed by atoms with E-state index < -0.39 is 6.08 Å². The molecule has 3 aliphatic rings. The Morgan fingerprint density at radius 3 is 2.77 bits per heavy atom. The van der Waals surface area contributed by atoms with Crippen molar-refractivity contribution in [3.8, 4) is 17.0 Å². The number of benzene rings is 1. The first-order chi connectivity index (χ1) is 15.0. The summed E-state index contributed by atoms with van der Waals surface area (Å²) in [5.41, 5.74) is 4.08. The predicted octanol–water partition coefficient (Wildman–Crippen LogP) is 3.98. The van der Waals surface area contributed by atoms with Crippen LogP contribution in [0.5, 0.6) is 5.75 Å². The Kier molecular flexibility index (Phi) is 5.35. The Morgan fingerprint density at radius 1 is 1.13 bits per heavy atom. The summed E-state index contributed by atoms with van der Waals surface area (Å²) in [6.07, 6.45) is 1.90. The largest absolute Gasteiger partial charge is 0.507 e. The van der Waals surface area contributed by atoms with Crippen molar-refractivity contribution in [3.63, 3.8) is 0 Å². The van der Waals surface area contributed by atoms with Crippen molar-refractivity contribution in [3.05, 3.63) is 40.5 Å². The number of aromatic hydroxyl groups is 1. The SMILES string of the molecule is CN1CCC[C@@H](Nc2nnc(-c3ccc4c(c3O)CCC4=C(F)F)c3c2CCOC3)C1. The van der Waals surface area contributed by atoms with Gasteiger partial charge in [0.2, 0.25) is 0 Å². The summed E-state index contributed by atoms with van der Waals surface area (Å²) in [4.78, 5) is 2.31. The number of phenolic OH excluding ortho intramolecular Hbond substituents is 1. The van der Waals surface area contributed by atoms with Gasteiger partial charge in [0.1, 0.15) is 11.4 Å². The Labute approximate surface area is 179 Å². The van der Waals surface area contributed by atoms with Gasteiger partial charge in [-0.15, -0.1) is 10.2 Å². The van der Waals surface area contributed by atoms with Gasteiger partial charge in [-0.2, -0.15) is 8.78 Å². The molecule has 1 fully saturated rings. The van der Waals surface area contributed by atoms with Gasteiger partial charge in [-0.25, -0.2) is 0 Å². The van der Waals surface area contributed by atoms with E-state index in [2.05, 4.69) is 27.5 Å². The number of phenols is 1. The van der Waals surface area contributed by atoms with Crippen molar-refractivity contribution >= 4 is 11.4 Å². The fourth-order valence-corrected chi connectivity index (χ4v) is 5.03. The molecule has 1 saturated heterocycles. The first-order valence-electron chi connectivity index (χ1n) is 10.8. The number of nitrogens with zero attached hydrogens (tertiary/aromatic N) is 3. The smallest absolute Gasteiger partial charge is 0.274 e. The number of likely N-dealkylation sites (tertiary alicyclic amines) is 1. The standard InChI is InChI=1S/C23H26F2N4O2/c1-29-9-2-3-13(11-29)26-23-17-8-10-31-12-19(17)20(27-28-23)18-7-4-14-15(21(18)30)5-6-16(14)22(24)25/h4,7,13,30H,2-3,5-6,8-12H2,1H3,(H,26,28)/t13-/m1/s1. The van der Waals surface area contributed by atoms with E-state index in [1.165, 1.54) is 0 Å². The van der Waals surface area contributed by atoms with Crippen LogP contribution in [0.15, 0.2) is 18.2 Å². The molecule has 8 heteroatoms. The number of hydrogen-bond donors (Lipinski definition) is 2. The van der Waals surface area contributed by atoms with Crippen molar-refractivity contribution in [1.29, 1.82) is 0 Å². The molecule has 0 amide bonds.